The molecule has 1 N–H and O–H groups in total. The lowest BCUT2D eigenvalue weighted by atomic mass is 10.1. The molecular weight excluding hydrogens is 679 g/mol. The van der Waals surface area contributed by atoms with Crippen molar-refractivity contribution in [3.05, 3.63) is 60.8 Å². The van der Waals surface area contributed by atoms with E-state index in [0.717, 1.165) is 44.9 Å². The summed E-state index contributed by atoms with van der Waals surface area (Å²) in [6.07, 6.45) is 44.2. The average Bonchev–Trinajstić information content (AvgIpc) is 3.12. The Morgan fingerprint density at radius 3 is 1.61 bits per heavy atom. The Bertz CT molecular complexity index is 1070. The number of nitrogens with zero attached hydrogens (tertiary/aromatic N) is 1. The Balaban J connectivity index is 4.44. The number of esters is 2. The molecule has 2 unspecified atom stereocenters. The summed E-state index contributed by atoms with van der Waals surface area (Å²) in [6, 6.07) is -0.628. The highest BCUT2D eigenvalue weighted by atomic mass is 16.6. The van der Waals surface area contributed by atoms with Gasteiger partial charge in [0.1, 0.15) is 6.61 Å². The molecule has 0 aliphatic heterocycles. The summed E-state index contributed by atoms with van der Waals surface area (Å²) in [4.78, 5) is 36.9. The number of carbonyl (C=O) groups excluding carboxylic acids is 2. The van der Waals surface area contributed by atoms with Crippen molar-refractivity contribution in [3.8, 4) is 0 Å². The van der Waals surface area contributed by atoms with Crippen LogP contribution in [0.5, 0.6) is 0 Å². The molecule has 0 aromatic heterocycles. The molecule has 0 radical (unpaired) electrons. The van der Waals surface area contributed by atoms with Crippen molar-refractivity contribution in [1.29, 1.82) is 0 Å². The van der Waals surface area contributed by atoms with Crippen molar-refractivity contribution in [3.63, 3.8) is 0 Å². The van der Waals surface area contributed by atoms with Crippen molar-refractivity contribution in [2.45, 2.75) is 174 Å². The number of quaternary nitrogens is 1. The number of allylic oxidation sites excluding steroid dienone is 10. The molecule has 54 heavy (non-hydrogen) atoms. The van der Waals surface area contributed by atoms with Crippen LogP contribution in [0, 0.1) is 0 Å². The highest BCUT2D eigenvalue weighted by Crippen LogP contribution is 2.13. The molecule has 0 aromatic carbocycles. The van der Waals surface area contributed by atoms with Crippen LogP contribution >= 0.6 is 0 Å². The van der Waals surface area contributed by atoms with Crippen molar-refractivity contribution in [2.24, 2.45) is 0 Å². The predicted octanol–water partition coefficient (Wildman–Crippen LogP) is 11.4. The van der Waals surface area contributed by atoms with Crippen molar-refractivity contribution in [1.82, 2.24) is 0 Å². The fourth-order valence-electron chi connectivity index (χ4n) is 5.86. The number of rotatable bonds is 37. The summed E-state index contributed by atoms with van der Waals surface area (Å²) in [6.45, 7) is 4.52. The maximum atomic E-state index is 12.6. The Labute approximate surface area is 330 Å². The first-order valence-corrected chi connectivity index (χ1v) is 21.3. The second kappa shape index (κ2) is 37.0. The Morgan fingerprint density at radius 1 is 0.574 bits per heavy atom. The van der Waals surface area contributed by atoms with Crippen LogP contribution in [0.15, 0.2) is 60.8 Å². The van der Waals surface area contributed by atoms with E-state index in [4.69, 9.17) is 14.2 Å². The zero-order chi connectivity index (χ0) is 40.0. The predicted molar refractivity (Wildman–Crippen MR) is 224 cm³/mol. The normalized spacial score (nSPS) is 13.6. The minimum atomic E-state index is -0.888. The van der Waals surface area contributed by atoms with Gasteiger partial charge < -0.3 is 23.8 Å². The summed E-state index contributed by atoms with van der Waals surface area (Å²) >= 11 is 0. The van der Waals surface area contributed by atoms with Gasteiger partial charge >= 0.3 is 17.9 Å². The van der Waals surface area contributed by atoms with Gasteiger partial charge in [-0.05, 0) is 64.2 Å². The maximum Gasteiger partial charge on any atom is 0.362 e. The third kappa shape index (κ3) is 34.8. The minimum Gasteiger partial charge on any atom is -0.477 e. The van der Waals surface area contributed by atoms with Crippen LogP contribution in [0.4, 0.5) is 0 Å². The van der Waals surface area contributed by atoms with Gasteiger partial charge in [0, 0.05) is 19.3 Å². The second-order valence-electron chi connectivity index (χ2n) is 15.2. The quantitative estimate of drug-likeness (QED) is 0.0291. The van der Waals surface area contributed by atoms with E-state index in [9.17, 15) is 19.5 Å². The summed E-state index contributed by atoms with van der Waals surface area (Å²) < 4.78 is 17.2. The van der Waals surface area contributed by atoms with Crippen LogP contribution in [-0.2, 0) is 28.6 Å². The first-order chi connectivity index (χ1) is 26.1. The topological polar surface area (TPSA) is 99.1 Å². The minimum absolute atomic E-state index is 0.0292. The Hall–Kier alpha value is -2.97. The second-order valence-corrected chi connectivity index (χ2v) is 15.2. The van der Waals surface area contributed by atoms with E-state index in [-0.39, 0.29) is 42.7 Å². The van der Waals surface area contributed by atoms with E-state index in [1.165, 1.54) is 77.0 Å². The highest BCUT2D eigenvalue weighted by molar-refractivity contribution is 5.72. The van der Waals surface area contributed by atoms with Crippen molar-refractivity contribution < 1.29 is 38.2 Å². The molecule has 0 bridgehead atoms. The van der Waals surface area contributed by atoms with Gasteiger partial charge in [0.15, 0.2) is 12.1 Å². The molecule has 8 nitrogen and oxygen atoms in total. The number of hydrogen-bond acceptors (Lipinski definition) is 6. The number of hydrogen-bond donors (Lipinski definition) is 1. The van der Waals surface area contributed by atoms with Gasteiger partial charge in [-0.15, -0.1) is 0 Å². The molecule has 0 aromatic rings. The van der Waals surface area contributed by atoms with Gasteiger partial charge in [0.05, 0.1) is 34.4 Å². The van der Waals surface area contributed by atoms with Gasteiger partial charge in [0.2, 0.25) is 0 Å². The smallest absolute Gasteiger partial charge is 0.362 e. The number of aliphatic carboxylic acids is 1. The van der Waals surface area contributed by atoms with Crippen molar-refractivity contribution in [2.75, 3.05) is 41.0 Å². The fraction of sp³-hybridized carbons (Fsp3) is 0.717. The third-order valence-corrected chi connectivity index (χ3v) is 9.16. The lowest BCUT2D eigenvalue weighted by Gasteiger charge is -2.31. The molecule has 0 fully saturated rings. The number of likely N-dealkylation sites (N-methyl/N-ethyl adjacent to an activating group) is 1. The van der Waals surface area contributed by atoms with Crippen LogP contribution in [-0.4, -0.2) is 80.6 Å². The molecule has 8 heteroatoms. The number of carboxylic acids is 1. The number of carboxylic acid groups (broad SMARTS) is 1. The maximum absolute atomic E-state index is 12.6. The van der Waals surface area contributed by atoms with Gasteiger partial charge in [-0.25, -0.2) is 4.79 Å². The van der Waals surface area contributed by atoms with E-state index in [2.05, 4.69) is 62.5 Å². The van der Waals surface area contributed by atoms with Crippen LogP contribution in [0.25, 0.3) is 0 Å². The summed E-state index contributed by atoms with van der Waals surface area (Å²) in [5, 5.41) is 9.60. The Kier molecular flexibility index (Phi) is 34.9. The zero-order valence-electron chi connectivity index (χ0n) is 35.2. The van der Waals surface area contributed by atoms with E-state index < -0.39 is 18.1 Å². The van der Waals surface area contributed by atoms with Gasteiger partial charge in [0.25, 0.3) is 0 Å². The first-order valence-electron chi connectivity index (χ1n) is 21.3. The van der Waals surface area contributed by atoms with Crippen molar-refractivity contribution >= 4 is 17.9 Å². The molecule has 0 aliphatic rings. The molecule has 0 amide bonds. The number of carbonyl (C=O) groups is 3. The van der Waals surface area contributed by atoms with E-state index in [0.29, 0.717) is 19.3 Å². The fourth-order valence-corrected chi connectivity index (χ4v) is 5.86. The molecule has 0 saturated heterocycles. The molecule has 0 saturated carbocycles. The average molecular weight is 759 g/mol. The summed E-state index contributed by atoms with van der Waals surface area (Å²) in [7, 11) is 5.49. The zero-order valence-corrected chi connectivity index (χ0v) is 35.2. The first kappa shape index (κ1) is 51.0. The number of unbranched alkanes of at least 4 members (excludes halogenated alkanes) is 13. The van der Waals surface area contributed by atoms with Crippen LogP contribution in [0.1, 0.15) is 162 Å². The monoisotopic (exact) mass is 759 g/mol. The Morgan fingerprint density at radius 2 is 1.07 bits per heavy atom. The van der Waals surface area contributed by atoms with E-state index >= 15 is 0 Å². The molecule has 0 rings (SSSR count). The lowest BCUT2D eigenvalue weighted by Crippen LogP contribution is -2.50. The standard InChI is InChI=1S/C46H79NO7/c1-6-8-10-12-14-16-18-20-21-22-23-25-26-28-30-32-34-36-44(48)53-41-42(40-52-39-38-43(46(50)51)47(3,4)5)54-45(49)37-35-33-31-29-27-24-19-17-15-13-11-9-7-2/h9,11,15,17,20-21,24,27,31,33,42-43H,6-8,10,12-14,16,18-19,22-23,25-26,28-30,32,34-41H2,1-5H3/p+1/b11-9-,17-15-,21-20-,27-24-,33-31-. The molecule has 310 valence electrons. The van der Waals surface area contributed by atoms with Gasteiger partial charge in [-0.1, -0.05) is 139 Å². The molecule has 2 atom stereocenters. The van der Waals surface area contributed by atoms with E-state index in [1.807, 2.05) is 33.3 Å². The van der Waals surface area contributed by atoms with Crippen LogP contribution in [0.3, 0.4) is 0 Å². The summed E-state index contributed by atoms with van der Waals surface area (Å²) in [5.41, 5.74) is 0. The molecule has 0 heterocycles. The number of ether oxygens (including phenoxy) is 3. The van der Waals surface area contributed by atoms with Gasteiger partial charge in [-0.2, -0.15) is 0 Å². The van der Waals surface area contributed by atoms with Crippen LogP contribution in [0.2, 0.25) is 0 Å². The largest absolute Gasteiger partial charge is 0.477 e. The molecule has 0 spiro atoms. The van der Waals surface area contributed by atoms with Gasteiger partial charge in [-0.3, -0.25) is 9.59 Å². The highest BCUT2D eigenvalue weighted by Gasteiger charge is 2.31. The SMILES string of the molecule is CC/C=C\C/C=C\C/C=C\C/C=C\CCC(=O)OC(COCCC(C(=O)O)[N+](C)(C)C)COC(=O)CCCCCCCCC/C=C\CCCCCCCC. The van der Waals surface area contributed by atoms with E-state index in [1.54, 1.807) is 0 Å². The van der Waals surface area contributed by atoms with Crippen LogP contribution < -0.4 is 0 Å². The molecule has 0 aliphatic carbocycles. The third-order valence-electron chi connectivity index (χ3n) is 9.16. The summed E-state index contributed by atoms with van der Waals surface area (Å²) in [5.74, 6) is -1.58. The lowest BCUT2D eigenvalue weighted by molar-refractivity contribution is -0.887. The molecular formula is C46H80NO7+.